The molecule has 1 aromatic heterocycles. The molecule has 1 saturated carbocycles. The summed E-state index contributed by atoms with van der Waals surface area (Å²) in [6.07, 6.45) is 4.08. The summed E-state index contributed by atoms with van der Waals surface area (Å²) in [4.78, 5) is 11.2. The molecule has 1 heterocycles. The first-order valence-electron chi connectivity index (χ1n) is 5.83. The van der Waals surface area contributed by atoms with Crippen LogP contribution in [0.3, 0.4) is 0 Å². The zero-order valence-electron chi connectivity index (χ0n) is 10.4. The molecule has 0 saturated heterocycles. The van der Waals surface area contributed by atoms with Gasteiger partial charge in [0, 0.05) is 24.5 Å². The Morgan fingerprint density at radius 1 is 1.58 bits per heavy atom. The summed E-state index contributed by atoms with van der Waals surface area (Å²) in [6, 6.07) is 1.81. The fraction of sp³-hybridized carbons (Fsp3) is 0.417. The molecule has 0 aliphatic heterocycles. The van der Waals surface area contributed by atoms with Crippen molar-refractivity contribution in [1.29, 1.82) is 0 Å². The molecule has 1 aliphatic rings. The third-order valence-electron chi connectivity index (χ3n) is 2.85. The van der Waals surface area contributed by atoms with Crippen molar-refractivity contribution in [2.75, 3.05) is 7.05 Å². The van der Waals surface area contributed by atoms with Gasteiger partial charge in [-0.05, 0) is 35.9 Å². The Morgan fingerprint density at radius 3 is 2.84 bits per heavy atom. The fourth-order valence-corrected chi connectivity index (χ4v) is 4.05. The van der Waals surface area contributed by atoms with Gasteiger partial charge in [0.2, 0.25) is 10.0 Å². The van der Waals surface area contributed by atoms with Gasteiger partial charge < -0.3 is 5.11 Å². The quantitative estimate of drug-likeness (QED) is 0.813. The third-order valence-corrected chi connectivity index (χ3v) is 6.11. The highest BCUT2D eigenvalue weighted by molar-refractivity contribution is 7.90. The van der Waals surface area contributed by atoms with Crippen LogP contribution >= 0.6 is 11.3 Å². The van der Waals surface area contributed by atoms with E-state index in [0.29, 0.717) is 6.54 Å². The van der Waals surface area contributed by atoms with E-state index in [0.717, 1.165) is 29.4 Å². The van der Waals surface area contributed by atoms with E-state index in [1.54, 1.807) is 7.05 Å². The van der Waals surface area contributed by atoms with Gasteiger partial charge >= 0.3 is 5.97 Å². The molecule has 0 amide bonds. The Labute approximate surface area is 116 Å². The van der Waals surface area contributed by atoms with E-state index in [-0.39, 0.29) is 5.25 Å². The number of sulfonamides is 1. The smallest absolute Gasteiger partial charge is 0.328 e. The van der Waals surface area contributed by atoms with E-state index in [9.17, 15) is 13.2 Å². The Balaban J connectivity index is 2.02. The summed E-state index contributed by atoms with van der Waals surface area (Å²) in [7, 11) is -1.57. The van der Waals surface area contributed by atoms with Crippen LogP contribution in [0.15, 0.2) is 17.5 Å². The van der Waals surface area contributed by atoms with Crippen LogP contribution in [0, 0.1) is 0 Å². The van der Waals surface area contributed by atoms with Gasteiger partial charge in [0.1, 0.15) is 0 Å². The molecular formula is C12H15NO4S2. The molecule has 0 aromatic carbocycles. The van der Waals surface area contributed by atoms with Crippen LogP contribution in [-0.2, 0) is 21.4 Å². The number of carboxylic acid groups (broad SMARTS) is 1. The second-order valence-electron chi connectivity index (χ2n) is 4.53. The summed E-state index contributed by atoms with van der Waals surface area (Å²) < 4.78 is 25.3. The molecule has 19 heavy (non-hydrogen) atoms. The number of hydrogen-bond donors (Lipinski definition) is 1. The number of hydrogen-bond acceptors (Lipinski definition) is 4. The normalized spacial score (nSPS) is 16.3. The highest BCUT2D eigenvalue weighted by Crippen LogP contribution is 2.31. The predicted molar refractivity (Wildman–Crippen MR) is 74.4 cm³/mol. The number of carboxylic acids is 1. The molecule has 1 aliphatic carbocycles. The van der Waals surface area contributed by atoms with Crippen molar-refractivity contribution in [3.05, 3.63) is 28.0 Å². The van der Waals surface area contributed by atoms with E-state index in [4.69, 9.17) is 5.11 Å². The lowest BCUT2D eigenvalue weighted by atomic mass is 10.3. The molecule has 2 rings (SSSR count). The lowest BCUT2D eigenvalue weighted by Crippen LogP contribution is -2.29. The van der Waals surface area contributed by atoms with Crippen molar-refractivity contribution in [2.24, 2.45) is 0 Å². The van der Waals surface area contributed by atoms with Crippen LogP contribution in [0.5, 0.6) is 0 Å². The van der Waals surface area contributed by atoms with Crippen LogP contribution in [0.25, 0.3) is 6.08 Å². The van der Waals surface area contributed by atoms with Crippen molar-refractivity contribution in [2.45, 2.75) is 24.6 Å². The molecular weight excluding hydrogens is 286 g/mol. The molecule has 0 spiro atoms. The summed E-state index contributed by atoms with van der Waals surface area (Å²) in [6.45, 7) is 0.330. The first-order chi connectivity index (χ1) is 8.89. The number of thiophene rings is 1. The number of carbonyl (C=O) groups is 1. The minimum absolute atomic E-state index is 0.206. The maximum atomic E-state index is 12.0. The summed E-state index contributed by atoms with van der Waals surface area (Å²) >= 11 is 1.40. The Bertz CT molecular complexity index is 599. The van der Waals surface area contributed by atoms with Crippen molar-refractivity contribution < 1.29 is 18.3 Å². The average Bonchev–Trinajstić information content (AvgIpc) is 3.10. The van der Waals surface area contributed by atoms with Crippen molar-refractivity contribution in [3.8, 4) is 0 Å². The topological polar surface area (TPSA) is 74.7 Å². The summed E-state index contributed by atoms with van der Waals surface area (Å²) in [5.41, 5.74) is 0.877. The molecule has 0 atom stereocenters. The van der Waals surface area contributed by atoms with Gasteiger partial charge in [-0.3, -0.25) is 0 Å². The molecule has 1 aromatic rings. The van der Waals surface area contributed by atoms with Gasteiger partial charge in [-0.15, -0.1) is 11.3 Å². The Morgan fingerprint density at radius 2 is 2.26 bits per heavy atom. The van der Waals surface area contributed by atoms with E-state index in [1.165, 1.54) is 21.7 Å². The van der Waals surface area contributed by atoms with E-state index < -0.39 is 16.0 Å². The standard InChI is InChI=1S/C12H15NO4S2/c1-13(19(16,17)11-3-4-11)7-9-6-10(18-8-9)2-5-12(14)15/h2,5-6,8,11H,3-4,7H2,1H3,(H,14,15). The molecule has 7 heteroatoms. The molecule has 1 N–H and O–H groups in total. The predicted octanol–water partition coefficient (Wildman–Crippen LogP) is 1.77. The number of nitrogens with zero attached hydrogens (tertiary/aromatic N) is 1. The van der Waals surface area contributed by atoms with Crippen molar-refractivity contribution in [3.63, 3.8) is 0 Å². The van der Waals surface area contributed by atoms with E-state index >= 15 is 0 Å². The monoisotopic (exact) mass is 301 g/mol. The maximum Gasteiger partial charge on any atom is 0.328 e. The van der Waals surface area contributed by atoms with Gasteiger partial charge in [0.25, 0.3) is 0 Å². The lowest BCUT2D eigenvalue weighted by Gasteiger charge is -2.15. The van der Waals surface area contributed by atoms with Crippen molar-refractivity contribution in [1.82, 2.24) is 4.31 Å². The van der Waals surface area contributed by atoms with Crippen LogP contribution in [0.1, 0.15) is 23.3 Å². The second-order valence-corrected chi connectivity index (χ2v) is 7.79. The summed E-state index contributed by atoms with van der Waals surface area (Å²) in [5.74, 6) is -0.997. The fourth-order valence-electron chi connectivity index (χ4n) is 1.69. The molecule has 5 nitrogen and oxygen atoms in total. The molecule has 0 bridgehead atoms. The van der Waals surface area contributed by atoms with Crippen LogP contribution in [-0.4, -0.2) is 36.1 Å². The lowest BCUT2D eigenvalue weighted by molar-refractivity contribution is -0.131. The van der Waals surface area contributed by atoms with Gasteiger partial charge in [0.05, 0.1) is 5.25 Å². The third kappa shape index (κ3) is 3.65. The maximum absolute atomic E-state index is 12.0. The Kier molecular flexibility index (Phi) is 4.07. The minimum Gasteiger partial charge on any atom is -0.478 e. The summed E-state index contributed by atoms with van der Waals surface area (Å²) in [5, 5.41) is 10.2. The highest BCUT2D eigenvalue weighted by atomic mass is 32.2. The molecule has 104 valence electrons. The first-order valence-corrected chi connectivity index (χ1v) is 8.21. The van der Waals surface area contributed by atoms with Gasteiger partial charge in [-0.1, -0.05) is 0 Å². The van der Waals surface area contributed by atoms with Gasteiger partial charge in [0.15, 0.2) is 0 Å². The minimum atomic E-state index is -3.15. The molecule has 0 unspecified atom stereocenters. The average molecular weight is 301 g/mol. The first kappa shape index (κ1) is 14.2. The van der Waals surface area contributed by atoms with Crippen molar-refractivity contribution >= 4 is 33.4 Å². The SMILES string of the molecule is CN(Cc1csc(C=CC(=O)O)c1)S(=O)(=O)C1CC1. The molecule has 0 radical (unpaired) electrons. The van der Waals surface area contributed by atoms with Crippen LogP contribution < -0.4 is 0 Å². The van der Waals surface area contributed by atoms with Gasteiger partial charge in [-0.2, -0.15) is 0 Å². The highest BCUT2D eigenvalue weighted by Gasteiger charge is 2.38. The number of aliphatic carboxylic acids is 1. The zero-order valence-corrected chi connectivity index (χ0v) is 12.1. The van der Waals surface area contributed by atoms with Crippen LogP contribution in [0.4, 0.5) is 0 Å². The number of rotatable bonds is 6. The largest absolute Gasteiger partial charge is 0.478 e. The zero-order chi connectivity index (χ0) is 14.0. The second kappa shape index (κ2) is 5.44. The Hall–Kier alpha value is -1.18. The van der Waals surface area contributed by atoms with Gasteiger partial charge in [-0.25, -0.2) is 17.5 Å². The van der Waals surface area contributed by atoms with E-state index in [2.05, 4.69) is 0 Å². The molecule has 1 fully saturated rings. The van der Waals surface area contributed by atoms with Crippen LogP contribution in [0.2, 0.25) is 0 Å². The van der Waals surface area contributed by atoms with E-state index in [1.807, 2.05) is 11.4 Å².